The molecule has 1 rings (SSSR count). The molecule has 0 aliphatic rings. The number of hydrogen-bond acceptors (Lipinski definition) is 7. The molecule has 1 aromatic rings. The maximum Gasteiger partial charge on any atom is 0.344 e. The minimum atomic E-state index is -1.30. The lowest BCUT2D eigenvalue weighted by Gasteiger charge is -2.07. The number of carbonyl (C=O) groups excluding carboxylic acids is 1. The first-order valence-corrected chi connectivity index (χ1v) is 6.77. The Kier molecular flexibility index (Phi) is 6.84. The fourth-order valence-corrected chi connectivity index (χ4v) is 1.65. The molecule has 0 aromatic heterocycles. The van der Waals surface area contributed by atoms with Crippen molar-refractivity contribution in [3.8, 4) is 5.75 Å². The van der Waals surface area contributed by atoms with Gasteiger partial charge in [-0.05, 0) is 6.42 Å². The molecule has 0 heterocycles. The SMILES string of the molecule is CCCCCOC(=O)COc1cc(F)c([N+](=O)[O-])cc1[N+](=O)[O-]. The number of nitro benzene ring substituents is 2. The van der Waals surface area contributed by atoms with Crippen LogP contribution in [-0.2, 0) is 9.53 Å². The van der Waals surface area contributed by atoms with E-state index in [-0.39, 0.29) is 6.61 Å². The Hall–Kier alpha value is -2.78. The van der Waals surface area contributed by atoms with Gasteiger partial charge in [0.15, 0.2) is 6.61 Å². The molecule has 0 spiro atoms. The van der Waals surface area contributed by atoms with Crippen LogP contribution in [0.1, 0.15) is 26.2 Å². The zero-order valence-electron chi connectivity index (χ0n) is 12.3. The van der Waals surface area contributed by atoms with E-state index < -0.39 is 45.4 Å². The molecule has 0 atom stereocenters. The highest BCUT2D eigenvalue weighted by molar-refractivity contribution is 5.71. The summed E-state index contributed by atoms with van der Waals surface area (Å²) in [5.41, 5.74) is -1.86. The van der Waals surface area contributed by atoms with Crippen molar-refractivity contribution in [3.05, 3.63) is 38.2 Å². The molecule has 0 saturated carbocycles. The largest absolute Gasteiger partial charge is 0.475 e. The Morgan fingerprint density at radius 1 is 1.17 bits per heavy atom. The average Bonchev–Trinajstić information content (AvgIpc) is 2.48. The van der Waals surface area contributed by atoms with E-state index in [0.717, 1.165) is 12.8 Å². The maximum atomic E-state index is 13.5. The van der Waals surface area contributed by atoms with Crippen LogP contribution in [0, 0.1) is 26.0 Å². The predicted octanol–water partition coefficient (Wildman–Crippen LogP) is 2.75. The van der Waals surface area contributed by atoms with Crippen molar-refractivity contribution in [2.75, 3.05) is 13.2 Å². The van der Waals surface area contributed by atoms with Gasteiger partial charge < -0.3 is 9.47 Å². The summed E-state index contributed by atoms with van der Waals surface area (Å²) in [6.45, 7) is 1.50. The maximum absolute atomic E-state index is 13.5. The quantitative estimate of drug-likeness (QED) is 0.295. The second-order valence-electron chi connectivity index (χ2n) is 4.50. The van der Waals surface area contributed by atoms with Crippen LogP contribution in [0.15, 0.2) is 12.1 Å². The average molecular weight is 330 g/mol. The molecule has 0 unspecified atom stereocenters. The molecule has 0 radical (unpaired) electrons. The summed E-state index contributed by atoms with van der Waals surface area (Å²) in [5, 5.41) is 21.4. The van der Waals surface area contributed by atoms with Crippen molar-refractivity contribution in [2.45, 2.75) is 26.2 Å². The first-order valence-electron chi connectivity index (χ1n) is 6.77. The summed E-state index contributed by atoms with van der Waals surface area (Å²) in [4.78, 5) is 30.8. The molecule has 9 nitrogen and oxygen atoms in total. The lowest BCUT2D eigenvalue weighted by Crippen LogP contribution is -2.16. The lowest BCUT2D eigenvalue weighted by molar-refractivity contribution is -0.396. The molecule has 0 amide bonds. The van der Waals surface area contributed by atoms with E-state index >= 15 is 0 Å². The number of carbonyl (C=O) groups is 1. The Morgan fingerprint density at radius 3 is 2.39 bits per heavy atom. The standard InChI is InChI=1S/C13H15FN2O7/c1-2-3-4-5-22-13(17)8-23-12-6-9(14)10(15(18)19)7-11(12)16(20)21/h6-7H,2-5,8H2,1H3. The number of hydrogen-bond donors (Lipinski definition) is 0. The van der Waals surface area contributed by atoms with Crippen molar-refractivity contribution in [3.63, 3.8) is 0 Å². The molecule has 0 fully saturated rings. The Bertz CT molecular complexity index is 606. The van der Waals surface area contributed by atoms with Crippen LogP contribution in [0.2, 0.25) is 0 Å². The normalized spacial score (nSPS) is 10.2. The number of esters is 1. The van der Waals surface area contributed by atoms with Crippen LogP contribution < -0.4 is 4.74 Å². The summed E-state index contributed by atoms with van der Waals surface area (Å²) in [7, 11) is 0. The van der Waals surface area contributed by atoms with Crippen LogP contribution in [0.25, 0.3) is 0 Å². The van der Waals surface area contributed by atoms with Gasteiger partial charge in [0, 0.05) is 6.07 Å². The van der Waals surface area contributed by atoms with Gasteiger partial charge in [-0.1, -0.05) is 19.8 Å². The summed E-state index contributed by atoms with van der Waals surface area (Å²) >= 11 is 0. The van der Waals surface area contributed by atoms with E-state index in [4.69, 9.17) is 9.47 Å². The van der Waals surface area contributed by atoms with E-state index in [2.05, 4.69) is 0 Å². The van der Waals surface area contributed by atoms with Gasteiger partial charge in [-0.15, -0.1) is 0 Å². The van der Waals surface area contributed by atoms with Gasteiger partial charge in [0.05, 0.1) is 16.5 Å². The summed E-state index contributed by atoms with van der Waals surface area (Å²) < 4.78 is 23.2. The van der Waals surface area contributed by atoms with Gasteiger partial charge in [-0.3, -0.25) is 20.2 Å². The van der Waals surface area contributed by atoms with Gasteiger partial charge in [0.25, 0.3) is 0 Å². The second kappa shape index (κ2) is 8.61. The van der Waals surface area contributed by atoms with Gasteiger partial charge in [-0.25, -0.2) is 4.79 Å². The van der Waals surface area contributed by atoms with Crippen molar-refractivity contribution in [2.24, 2.45) is 0 Å². The third kappa shape index (κ3) is 5.49. The number of unbranched alkanes of at least 4 members (excludes halogenated alkanes) is 2. The molecule has 126 valence electrons. The minimum absolute atomic E-state index is 0.187. The molecule has 0 bridgehead atoms. The van der Waals surface area contributed by atoms with Crippen LogP contribution in [0.4, 0.5) is 15.8 Å². The zero-order chi connectivity index (χ0) is 17.4. The van der Waals surface area contributed by atoms with E-state index in [1.54, 1.807) is 0 Å². The van der Waals surface area contributed by atoms with Gasteiger partial charge >= 0.3 is 17.3 Å². The van der Waals surface area contributed by atoms with E-state index in [9.17, 15) is 29.4 Å². The minimum Gasteiger partial charge on any atom is -0.475 e. The van der Waals surface area contributed by atoms with Crippen LogP contribution >= 0.6 is 0 Å². The summed E-state index contributed by atoms with van der Waals surface area (Å²) in [5.74, 6) is -2.65. The number of rotatable bonds is 9. The number of benzene rings is 1. The van der Waals surface area contributed by atoms with Crippen molar-refractivity contribution in [1.29, 1.82) is 0 Å². The van der Waals surface area contributed by atoms with Crippen LogP contribution in [0.5, 0.6) is 5.75 Å². The monoisotopic (exact) mass is 330 g/mol. The predicted molar refractivity (Wildman–Crippen MR) is 75.7 cm³/mol. The number of ether oxygens (including phenoxy) is 2. The van der Waals surface area contributed by atoms with Crippen molar-refractivity contribution < 1.29 is 28.5 Å². The third-order valence-electron chi connectivity index (χ3n) is 2.78. The van der Waals surface area contributed by atoms with Crippen molar-refractivity contribution in [1.82, 2.24) is 0 Å². The molecule has 0 aliphatic carbocycles. The summed E-state index contributed by atoms with van der Waals surface area (Å²) in [6.07, 6.45) is 2.50. The molecule has 0 aliphatic heterocycles. The Labute approximate surface area is 130 Å². The van der Waals surface area contributed by atoms with Gasteiger partial charge in [0.2, 0.25) is 11.6 Å². The third-order valence-corrected chi connectivity index (χ3v) is 2.78. The summed E-state index contributed by atoms with van der Waals surface area (Å²) in [6, 6.07) is 0.942. The molecule has 1 aromatic carbocycles. The van der Waals surface area contributed by atoms with Crippen LogP contribution in [-0.4, -0.2) is 29.0 Å². The number of nitro groups is 2. The highest BCUT2D eigenvalue weighted by Gasteiger charge is 2.26. The van der Waals surface area contributed by atoms with E-state index in [1.165, 1.54) is 0 Å². The van der Waals surface area contributed by atoms with Crippen LogP contribution in [0.3, 0.4) is 0 Å². The molecular formula is C13H15FN2O7. The molecule has 0 N–H and O–H groups in total. The van der Waals surface area contributed by atoms with E-state index in [1.807, 2.05) is 6.92 Å². The Morgan fingerprint density at radius 2 is 1.83 bits per heavy atom. The zero-order valence-corrected chi connectivity index (χ0v) is 12.3. The molecule has 0 saturated heterocycles. The lowest BCUT2D eigenvalue weighted by atomic mass is 10.2. The highest BCUT2D eigenvalue weighted by atomic mass is 19.1. The topological polar surface area (TPSA) is 122 Å². The van der Waals surface area contributed by atoms with Crippen molar-refractivity contribution >= 4 is 17.3 Å². The fourth-order valence-electron chi connectivity index (χ4n) is 1.65. The molecule has 10 heteroatoms. The smallest absolute Gasteiger partial charge is 0.344 e. The Balaban J connectivity index is 2.76. The number of nitrogens with zero attached hydrogens (tertiary/aromatic N) is 2. The van der Waals surface area contributed by atoms with Gasteiger partial charge in [0.1, 0.15) is 6.07 Å². The first-order chi connectivity index (χ1) is 10.9. The first kappa shape index (κ1) is 18.3. The highest BCUT2D eigenvalue weighted by Crippen LogP contribution is 2.33. The number of halogens is 1. The fraction of sp³-hybridized carbons (Fsp3) is 0.462. The second-order valence-corrected chi connectivity index (χ2v) is 4.50. The van der Waals surface area contributed by atoms with E-state index in [0.29, 0.717) is 18.6 Å². The molecular weight excluding hydrogens is 315 g/mol. The molecule has 23 heavy (non-hydrogen) atoms. The van der Waals surface area contributed by atoms with Gasteiger partial charge in [-0.2, -0.15) is 4.39 Å².